The van der Waals surface area contributed by atoms with E-state index in [0.717, 1.165) is 16.1 Å². The highest BCUT2D eigenvalue weighted by molar-refractivity contribution is 6.30. The van der Waals surface area contributed by atoms with E-state index in [1.807, 2.05) is 53.8 Å². The molecule has 1 atom stereocenters. The van der Waals surface area contributed by atoms with Gasteiger partial charge in [-0.15, -0.1) is 0 Å². The zero-order valence-corrected chi connectivity index (χ0v) is 13.9. The summed E-state index contributed by atoms with van der Waals surface area (Å²) in [6.45, 7) is 2.96. The fraction of sp³-hybridized carbons (Fsp3) is 0.235. The van der Waals surface area contributed by atoms with E-state index in [1.54, 1.807) is 0 Å². The minimum absolute atomic E-state index is 0.00997. The Bertz CT molecular complexity index is 612. The van der Waals surface area contributed by atoms with Crippen LogP contribution in [0.25, 0.3) is 0 Å². The van der Waals surface area contributed by atoms with Crippen LogP contribution in [-0.4, -0.2) is 12.5 Å². The van der Waals surface area contributed by atoms with Crippen molar-refractivity contribution in [3.63, 3.8) is 0 Å². The topological polar surface area (TPSA) is 45.7 Å². The molecule has 0 spiro atoms. The molecular weight excluding hydrogens is 319 g/mol. The number of carbonyl (C=O) groups excluding carboxylic acids is 1. The van der Waals surface area contributed by atoms with E-state index >= 15 is 0 Å². The molecule has 0 saturated heterocycles. The second kappa shape index (κ2) is 8.18. The summed E-state index contributed by atoms with van der Waals surface area (Å²) in [6.07, 6.45) is 0. The third kappa shape index (κ3) is 5.34. The predicted octanol–water partition coefficient (Wildman–Crippen LogP) is 2.93. The predicted molar refractivity (Wildman–Crippen MR) is 90.0 cm³/mol. The molecule has 116 valence electrons. The van der Waals surface area contributed by atoms with Gasteiger partial charge in [0.05, 0.1) is 0 Å². The van der Waals surface area contributed by atoms with E-state index in [1.165, 1.54) is 0 Å². The van der Waals surface area contributed by atoms with Gasteiger partial charge in [-0.05, 0) is 36.8 Å². The van der Waals surface area contributed by atoms with Gasteiger partial charge in [0.25, 0.3) is 5.91 Å². The summed E-state index contributed by atoms with van der Waals surface area (Å²) in [7, 11) is 0. The first-order valence-corrected chi connectivity index (χ1v) is 7.90. The normalized spacial score (nSPS) is 12.0. The molecule has 0 radical (unpaired) electrons. The van der Waals surface area contributed by atoms with Crippen molar-refractivity contribution in [2.75, 3.05) is 6.54 Å². The molecule has 0 aliphatic heterocycles. The van der Waals surface area contributed by atoms with Gasteiger partial charge >= 0.3 is 0 Å². The highest BCUT2D eigenvalue weighted by Gasteiger charge is 2.11. The Kier molecular flexibility index (Phi) is 6.25. The van der Waals surface area contributed by atoms with E-state index in [0.29, 0.717) is 18.1 Å². The Hall–Kier alpha value is -1.55. The van der Waals surface area contributed by atoms with Crippen molar-refractivity contribution >= 4 is 29.1 Å². The van der Waals surface area contributed by atoms with Gasteiger partial charge in [0.1, 0.15) is 6.04 Å². The number of amides is 1. The molecule has 0 fully saturated rings. The van der Waals surface area contributed by atoms with Gasteiger partial charge in [-0.1, -0.05) is 47.5 Å². The molecule has 0 unspecified atom stereocenters. The highest BCUT2D eigenvalue weighted by atomic mass is 35.5. The SMILES string of the molecule is C[C@H]([NH2+]CC(=O)NCc1ccc(Cl)cc1)c1ccc(Cl)cc1. The number of quaternary nitrogens is 1. The Labute approximate surface area is 140 Å². The molecule has 0 aliphatic carbocycles. The van der Waals surface area contributed by atoms with Crippen molar-refractivity contribution in [3.8, 4) is 0 Å². The Morgan fingerprint density at radius 3 is 2.18 bits per heavy atom. The van der Waals surface area contributed by atoms with E-state index in [9.17, 15) is 4.79 Å². The number of nitrogens with one attached hydrogen (secondary N) is 1. The molecule has 22 heavy (non-hydrogen) atoms. The summed E-state index contributed by atoms with van der Waals surface area (Å²) in [5.74, 6) is 0.00997. The minimum atomic E-state index is 0.00997. The molecule has 5 heteroatoms. The molecule has 2 aromatic carbocycles. The van der Waals surface area contributed by atoms with Crippen LogP contribution in [0.3, 0.4) is 0 Å². The smallest absolute Gasteiger partial charge is 0.275 e. The molecule has 1 amide bonds. The Morgan fingerprint density at radius 2 is 1.59 bits per heavy atom. The van der Waals surface area contributed by atoms with Crippen LogP contribution in [0.4, 0.5) is 0 Å². The Morgan fingerprint density at radius 1 is 1.05 bits per heavy atom. The zero-order valence-electron chi connectivity index (χ0n) is 12.4. The molecule has 3 nitrogen and oxygen atoms in total. The van der Waals surface area contributed by atoms with E-state index < -0.39 is 0 Å². The lowest BCUT2D eigenvalue weighted by Gasteiger charge is -2.11. The van der Waals surface area contributed by atoms with Gasteiger partial charge in [-0.25, -0.2) is 0 Å². The number of hydrogen-bond donors (Lipinski definition) is 2. The van der Waals surface area contributed by atoms with Crippen LogP contribution in [-0.2, 0) is 11.3 Å². The van der Waals surface area contributed by atoms with Crippen molar-refractivity contribution in [1.29, 1.82) is 0 Å². The fourth-order valence-electron chi connectivity index (χ4n) is 2.06. The van der Waals surface area contributed by atoms with Crippen molar-refractivity contribution in [1.82, 2.24) is 5.32 Å². The van der Waals surface area contributed by atoms with E-state index in [-0.39, 0.29) is 11.9 Å². The van der Waals surface area contributed by atoms with Crippen LogP contribution >= 0.6 is 23.2 Å². The summed E-state index contributed by atoms with van der Waals surface area (Å²) >= 11 is 11.7. The van der Waals surface area contributed by atoms with E-state index in [4.69, 9.17) is 23.2 Å². The maximum absolute atomic E-state index is 11.9. The molecule has 0 aliphatic rings. The van der Waals surface area contributed by atoms with Crippen LogP contribution in [0.1, 0.15) is 24.1 Å². The number of carbonyl (C=O) groups is 1. The summed E-state index contributed by atoms with van der Waals surface area (Å²) < 4.78 is 0. The lowest BCUT2D eigenvalue weighted by Crippen LogP contribution is -2.87. The van der Waals surface area contributed by atoms with Gasteiger partial charge in [-0.2, -0.15) is 0 Å². The van der Waals surface area contributed by atoms with Crippen LogP contribution in [0, 0.1) is 0 Å². The summed E-state index contributed by atoms with van der Waals surface area (Å²) in [5, 5.41) is 6.31. The average Bonchev–Trinajstić information content (AvgIpc) is 2.52. The molecule has 0 saturated carbocycles. The number of benzene rings is 2. The molecule has 3 N–H and O–H groups in total. The summed E-state index contributed by atoms with van der Waals surface area (Å²) in [5.41, 5.74) is 2.18. The van der Waals surface area contributed by atoms with Gasteiger partial charge in [0.2, 0.25) is 0 Å². The third-order valence-electron chi connectivity index (χ3n) is 3.46. The summed E-state index contributed by atoms with van der Waals surface area (Å²) in [6, 6.07) is 15.3. The fourth-order valence-corrected chi connectivity index (χ4v) is 2.31. The minimum Gasteiger partial charge on any atom is -0.347 e. The average molecular weight is 338 g/mol. The second-order valence-electron chi connectivity index (χ2n) is 5.18. The van der Waals surface area contributed by atoms with Crippen molar-refractivity contribution in [3.05, 3.63) is 69.7 Å². The third-order valence-corrected chi connectivity index (χ3v) is 3.96. The molecule has 0 aromatic heterocycles. The van der Waals surface area contributed by atoms with Crippen LogP contribution < -0.4 is 10.6 Å². The van der Waals surface area contributed by atoms with Crippen LogP contribution in [0.15, 0.2) is 48.5 Å². The molecule has 2 aromatic rings. The standard InChI is InChI=1S/C17H18Cl2N2O/c1-12(14-4-8-16(19)9-5-14)20-11-17(22)21-10-13-2-6-15(18)7-3-13/h2-9,12,20H,10-11H2,1H3,(H,21,22)/p+1/t12-/m0/s1. The zero-order chi connectivity index (χ0) is 15.9. The van der Waals surface area contributed by atoms with Gasteiger partial charge in [0.15, 0.2) is 6.54 Å². The highest BCUT2D eigenvalue weighted by Crippen LogP contribution is 2.13. The number of hydrogen-bond acceptors (Lipinski definition) is 1. The monoisotopic (exact) mass is 337 g/mol. The van der Waals surface area contributed by atoms with E-state index in [2.05, 4.69) is 12.2 Å². The lowest BCUT2D eigenvalue weighted by molar-refractivity contribution is -0.682. The second-order valence-corrected chi connectivity index (χ2v) is 6.06. The number of nitrogens with two attached hydrogens (primary N) is 1. The van der Waals surface area contributed by atoms with Crippen molar-refractivity contribution < 1.29 is 10.1 Å². The maximum atomic E-state index is 11.9. The first-order chi connectivity index (χ1) is 10.5. The number of halogens is 2. The first kappa shape index (κ1) is 16.8. The molecule has 0 bridgehead atoms. The maximum Gasteiger partial charge on any atom is 0.275 e. The van der Waals surface area contributed by atoms with Gasteiger partial charge in [-0.3, -0.25) is 4.79 Å². The number of rotatable bonds is 6. The van der Waals surface area contributed by atoms with Crippen molar-refractivity contribution in [2.45, 2.75) is 19.5 Å². The summed E-state index contributed by atoms with van der Waals surface area (Å²) in [4.78, 5) is 11.9. The molecule has 2 rings (SSSR count). The largest absolute Gasteiger partial charge is 0.347 e. The molecular formula is C17H19Cl2N2O+. The van der Waals surface area contributed by atoms with Crippen LogP contribution in [0.2, 0.25) is 10.0 Å². The Balaban J connectivity index is 1.75. The quantitative estimate of drug-likeness (QED) is 0.836. The van der Waals surface area contributed by atoms with Crippen LogP contribution in [0.5, 0.6) is 0 Å². The van der Waals surface area contributed by atoms with Gasteiger partial charge in [0, 0.05) is 22.2 Å². The lowest BCUT2D eigenvalue weighted by atomic mass is 10.1. The first-order valence-electron chi connectivity index (χ1n) is 7.14. The van der Waals surface area contributed by atoms with Crippen molar-refractivity contribution in [2.24, 2.45) is 0 Å². The van der Waals surface area contributed by atoms with Gasteiger partial charge < -0.3 is 10.6 Å². The molecule has 0 heterocycles.